The van der Waals surface area contributed by atoms with Crippen molar-refractivity contribution in [1.82, 2.24) is 10.2 Å². The van der Waals surface area contributed by atoms with Crippen LogP contribution in [0.15, 0.2) is 46.1 Å². The van der Waals surface area contributed by atoms with Crippen LogP contribution in [0.3, 0.4) is 0 Å². The van der Waals surface area contributed by atoms with Crippen molar-refractivity contribution in [3.63, 3.8) is 0 Å². The maximum absolute atomic E-state index is 12.2. The molecule has 0 radical (unpaired) electrons. The Morgan fingerprint density at radius 1 is 1.25 bits per heavy atom. The number of anilines is 1. The van der Waals surface area contributed by atoms with Crippen molar-refractivity contribution in [1.29, 1.82) is 0 Å². The highest BCUT2D eigenvalue weighted by atomic mass is 32.2. The van der Waals surface area contributed by atoms with E-state index in [-0.39, 0.29) is 11.3 Å². The van der Waals surface area contributed by atoms with Crippen molar-refractivity contribution >= 4 is 51.2 Å². The highest BCUT2D eigenvalue weighted by molar-refractivity contribution is 8.00. The number of thiophene rings is 1. The first kappa shape index (κ1) is 16.6. The number of hydrogen-bond donors (Lipinski definition) is 1. The van der Waals surface area contributed by atoms with Gasteiger partial charge in [0.05, 0.1) is 4.92 Å². The molecule has 0 bridgehead atoms. The number of rotatable bonds is 6. The molecule has 1 amide bonds. The summed E-state index contributed by atoms with van der Waals surface area (Å²) in [6.45, 7) is 0. The Balaban J connectivity index is 1.66. The molecule has 0 aliphatic carbocycles. The first-order chi connectivity index (χ1) is 11.6. The van der Waals surface area contributed by atoms with Crippen LogP contribution in [-0.4, -0.2) is 21.0 Å². The number of aromatic nitrogens is 2. The number of carbonyl (C=O) groups excluding carboxylic acids is 1. The van der Waals surface area contributed by atoms with E-state index < -0.39 is 10.8 Å². The van der Waals surface area contributed by atoms with Gasteiger partial charge in [0, 0.05) is 16.7 Å². The van der Waals surface area contributed by atoms with E-state index in [1.165, 1.54) is 46.2 Å². The molecule has 0 saturated carbocycles. The molecule has 1 aromatic carbocycles. The summed E-state index contributed by atoms with van der Waals surface area (Å²) >= 11 is 4.42. The fraction of sp³-hybridized carbons (Fsp3) is 0.0714. The SMILES string of the molecule is O=C(Nc1nnc(SCc2cccs2)s1)c1ccccc1[N+](=O)[O-]. The number of nitrogens with zero attached hydrogens (tertiary/aromatic N) is 3. The van der Waals surface area contributed by atoms with Gasteiger partial charge in [0.15, 0.2) is 4.34 Å². The second-order valence-electron chi connectivity index (χ2n) is 4.47. The fourth-order valence-electron chi connectivity index (χ4n) is 1.84. The Morgan fingerprint density at radius 2 is 2.08 bits per heavy atom. The Bertz CT molecular complexity index is 864. The van der Waals surface area contributed by atoms with Gasteiger partial charge in [-0.1, -0.05) is 41.3 Å². The molecular weight excluding hydrogens is 368 g/mol. The largest absolute Gasteiger partial charge is 0.296 e. The minimum absolute atomic E-state index is 0.00881. The molecule has 0 atom stereocenters. The van der Waals surface area contributed by atoms with E-state index in [0.717, 1.165) is 10.1 Å². The quantitative estimate of drug-likeness (QED) is 0.301. The minimum atomic E-state index is -0.586. The van der Waals surface area contributed by atoms with Crippen LogP contribution in [-0.2, 0) is 5.75 Å². The third-order valence-corrected chi connectivity index (χ3v) is 5.97. The highest BCUT2D eigenvalue weighted by Crippen LogP contribution is 2.30. The van der Waals surface area contributed by atoms with E-state index in [4.69, 9.17) is 0 Å². The monoisotopic (exact) mass is 378 g/mol. The molecule has 0 fully saturated rings. The summed E-state index contributed by atoms with van der Waals surface area (Å²) in [6.07, 6.45) is 0. The number of amides is 1. The summed E-state index contributed by atoms with van der Waals surface area (Å²) in [5.74, 6) is 0.206. The first-order valence-corrected chi connectivity index (χ1v) is 9.35. The van der Waals surface area contributed by atoms with Gasteiger partial charge < -0.3 is 0 Å². The lowest BCUT2D eigenvalue weighted by molar-refractivity contribution is -0.385. The van der Waals surface area contributed by atoms with E-state index in [2.05, 4.69) is 15.5 Å². The van der Waals surface area contributed by atoms with Gasteiger partial charge in [0.2, 0.25) is 5.13 Å². The van der Waals surface area contributed by atoms with Crippen LogP contribution >= 0.6 is 34.4 Å². The zero-order valence-corrected chi connectivity index (χ0v) is 14.5. The van der Waals surface area contributed by atoms with Gasteiger partial charge in [-0.25, -0.2) is 0 Å². The first-order valence-electron chi connectivity index (χ1n) is 6.67. The van der Waals surface area contributed by atoms with Gasteiger partial charge in [0.25, 0.3) is 11.6 Å². The van der Waals surface area contributed by atoms with Crippen LogP contribution in [0.25, 0.3) is 0 Å². The molecule has 2 heterocycles. The number of carbonyl (C=O) groups is 1. The second kappa shape index (κ2) is 7.51. The lowest BCUT2D eigenvalue weighted by Crippen LogP contribution is -2.13. The lowest BCUT2D eigenvalue weighted by Gasteiger charge is -2.01. The lowest BCUT2D eigenvalue weighted by atomic mass is 10.1. The van der Waals surface area contributed by atoms with Gasteiger partial charge >= 0.3 is 0 Å². The van der Waals surface area contributed by atoms with E-state index in [1.54, 1.807) is 17.4 Å². The number of nitro groups is 1. The molecule has 0 spiro atoms. The molecule has 2 aromatic heterocycles. The average Bonchev–Trinajstić information content (AvgIpc) is 3.24. The molecule has 3 rings (SSSR count). The Hall–Kier alpha value is -2.30. The van der Waals surface area contributed by atoms with Crippen LogP contribution in [0.4, 0.5) is 10.8 Å². The van der Waals surface area contributed by atoms with Gasteiger partial charge in [-0.05, 0) is 17.5 Å². The van der Waals surface area contributed by atoms with Crippen LogP contribution in [0.1, 0.15) is 15.2 Å². The van der Waals surface area contributed by atoms with Crippen molar-refractivity contribution in [3.8, 4) is 0 Å². The average molecular weight is 378 g/mol. The normalized spacial score (nSPS) is 10.5. The van der Waals surface area contributed by atoms with E-state index in [0.29, 0.717) is 5.13 Å². The summed E-state index contributed by atoms with van der Waals surface area (Å²) in [6, 6.07) is 9.80. The van der Waals surface area contributed by atoms with Crippen LogP contribution < -0.4 is 5.32 Å². The smallest absolute Gasteiger partial charge is 0.282 e. The third-order valence-electron chi connectivity index (χ3n) is 2.89. The van der Waals surface area contributed by atoms with Crippen molar-refractivity contribution in [2.45, 2.75) is 10.1 Å². The predicted octanol–water partition coefficient (Wildman–Crippen LogP) is 4.05. The molecule has 7 nitrogen and oxygen atoms in total. The topological polar surface area (TPSA) is 98.0 Å². The maximum atomic E-state index is 12.2. The zero-order chi connectivity index (χ0) is 16.9. The van der Waals surface area contributed by atoms with Crippen LogP contribution in [0.2, 0.25) is 0 Å². The van der Waals surface area contributed by atoms with Crippen molar-refractivity contribution in [2.24, 2.45) is 0 Å². The Labute approximate surface area is 148 Å². The fourth-order valence-corrected chi connectivity index (χ4v) is 4.36. The minimum Gasteiger partial charge on any atom is -0.296 e. The summed E-state index contributed by atoms with van der Waals surface area (Å²) in [4.78, 5) is 23.8. The Morgan fingerprint density at radius 3 is 2.83 bits per heavy atom. The number of benzene rings is 1. The summed E-state index contributed by atoms with van der Waals surface area (Å²) in [7, 11) is 0. The number of para-hydroxylation sites is 1. The summed E-state index contributed by atoms with van der Waals surface area (Å²) < 4.78 is 0.723. The predicted molar refractivity (Wildman–Crippen MR) is 94.8 cm³/mol. The summed E-state index contributed by atoms with van der Waals surface area (Å²) in [5.41, 5.74) is -0.253. The highest BCUT2D eigenvalue weighted by Gasteiger charge is 2.20. The Kier molecular flexibility index (Phi) is 5.18. The standard InChI is InChI=1S/C14H10N4O3S3/c19-12(10-5-1-2-6-11(10)18(20)21)15-13-16-17-14(24-13)23-8-9-4-3-7-22-9/h1-7H,8H2,(H,15,16,19). The number of nitro benzene ring substituents is 1. The van der Waals surface area contributed by atoms with Crippen LogP contribution in [0, 0.1) is 10.1 Å². The van der Waals surface area contributed by atoms with E-state index >= 15 is 0 Å². The second-order valence-corrected chi connectivity index (χ2v) is 7.70. The molecule has 3 aromatic rings. The van der Waals surface area contributed by atoms with Crippen molar-refractivity contribution in [3.05, 3.63) is 62.3 Å². The summed E-state index contributed by atoms with van der Waals surface area (Å²) in [5, 5.41) is 23.8. The van der Waals surface area contributed by atoms with Crippen LogP contribution in [0.5, 0.6) is 0 Å². The number of thioether (sulfide) groups is 1. The van der Waals surface area contributed by atoms with E-state index in [9.17, 15) is 14.9 Å². The molecule has 0 saturated heterocycles. The molecule has 1 N–H and O–H groups in total. The molecule has 0 aliphatic heterocycles. The molecular formula is C14H10N4O3S3. The van der Waals surface area contributed by atoms with Gasteiger partial charge in [0.1, 0.15) is 5.56 Å². The molecule has 24 heavy (non-hydrogen) atoms. The molecule has 10 heteroatoms. The number of nitrogens with one attached hydrogen (secondary N) is 1. The van der Waals surface area contributed by atoms with Crippen molar-refractivity contribution in [2.75, 3.05) is 5.32 Å². The molecule has 0 aliphatic rings. The van der Waals surface area contributed by atoms with E-state index in [1.807, 2.05) is 17.5 Å². The van der Waals surface area contributed by atoms with Crippen molar-refractivity contribution < 1.29 is 9.72 Å². The van der Waals surface area contributed by atoms with Gasteiger partial charge in [-0.15, -0.1) is 21.5 Å². The third kappa shape index (κ3) is 3.96. The molecule has 0 unspecified atom stereocenters. The zero-order valence-electron chi connectivity index (χ0n) is 12.0. The maximum Gasteiger partial charge on any atom is 0.282 e. The van der Waals surface area contributed by atoms with Gasteiger partial charge in [-0.2, -0.15) is 0 Å². The molecule has 122 valence electrons. The van der Waals surface area contributed by atoms with Gasteiger partial charge in [-0.3, -0.25) is 20.2 Å². The number of hydrogen-bond acceptors (Lipinski definition) is 8.